The van der Waals surface area contributed by atoms with Crippen molar-refractivity contribution in [2.24, 2.45) is 0 Å². The van der Waals surface area contributed by atoms with Crippen LogP contribution < -0.4 is 0 Å². The lowest BCUT2D eigenvalue weighted by Crippen LogP contribution is -2.00. The first-order valence-electron chi connectivity index (χ1n) is 5.70. The monoisotopic (exact) mass is 215 g/mol. The Hall–Kier alpha value is -1.51. The highest BCUT2D eigenvalue weighted by Crippen LogP contribution is 2.29. The summed E-state index contributed by atoms with van der Waals surface area (Å²) in [6, 6.07) is 0. The number of hydrogen-bond acceptors (Lipinski definition) is 3. The van der Waals surface area contributed by atoms with E-state index in [1.54, 1.807) is 6.20 Å². The van der Waals surface area contributed by atoms with Crippen LogP contribution in [0.2, 0.25) is 0 Å². The maximum Gasteiger partial charge on any atom is 0.112 e. The van der Waals surface area contributed by atoms with Crippen molar-refractivity contribution in [2.45, 2.75) is 39.5 Å². The Balaban J connectivity index is 2.82. The first kappa shape index (κ1) is 11.0. The van der Waals surface area contributed by atoms with Gasteiger partial charge in [-0.05, 0) is 23.0 Å². The van der Waals surface area contributed by atoms with Gasteiger partial charge in [0.1, 0.15) is 5.52 Å². The lowest BCUT2D eigenvalue weighted by atomic mass is 9.93. The Morgan fingerprint density at radius 2 is 1.50 bits per heavy atom. The quantitative estimate of drug-likeness (QED) is 0.771. The molecule has 0 radical (unpaired) electrons. The van der Waals surface area contributed by atoms with E-state index in [1.165, 1.54) is 16.5 Å². The van der Waals surface area contributed by atoms with Gasteiger partial charge in [-0.2, -0.15) is 5.10 Å². The molecule has 2 rings (SSSR count). The second-order valence-electron chi connectivity index (χ2n) is 4.73. The van der Waals surface area contributed by atoms with Gasteiger partial charge in [-0.3, -0.25) is 4.98 Å². The van der Waals surface area contributed by atoms with Gasteiger partial charge in [0.05, 0.1) is 12.4 Å². The van der Waals surface area contributed by atoms with E-state index in [1.807, 2.05) is 12.4 Å². The lowest BCUT2D eigenvalue weighted by molar-refractivity contribution is 0.835. The minimum Gasteiger partial charge on any atom is -0.262 e. The normalized spacial score (nSPS) is 11.6. The fourth-order valence-electron chi connectivity index (χ4n) is 1.95. The molecule has 0 fully saturated rings. The minimum atomic E-state index is 0.456. The fraction of sp³-hybridized carbons (Fsp3) is 0.462. The van der Waals surface area contributed by atoms with E-state index in [-0.39, 0.29) is 0 Å². The van der Waals surface area contributed by atoms with Crippen molar-refractivity contribution >= 4 is 10.9 Å². The molecular formula is C13H17N3. The predicted molar refractivity (Wildman–Crippen MR) is 65.5 cm³/mol. The molecule has 0 saturated carbocycles. The zero-order valence-corrected chi connectivity index (χ0v) is 10.2. The molecule has 3 heteroatoms. The summed E-state index contributed by atoms with van der Waals surface area (Å²) in [5, 5.41) is 9.43. The molecule has 2 heterocycles. The molecule has 0 spiro atoms. The van der Waals surface area contributed by atoms with E-state index in [2.05, 4.69) is 42.9 Å². The average molecular weight is 215 g/mol. The van der Waals surface area contributed by atoms with Crippen LogP contribution in [0.1, 0.15) is 50.7 Å². The van der Waals surface area contributed by atoms with Gasteiger partial charge in [0.2, 0.25) is 0 Å². The Bertz CT molecular complexity index is 461. The number of fused-ring (bicyclic) bond motifs is 1. The van der Waals surface area contributed by atoms with Crippen molar-refractivity contribution in [3.05, 3.63) is 29.7 Å². The fourth-order valence-corrected chi connectivity index (χ4v) is 1.95. The standard InChI is InChI=1S/C13H17N3/c1-8(2)10-5-14-7-12-13(10)11(9(3)4)6-15-16-12/h5-9H,1-4H3. The molecule has 3 nitrogen and oxygen atoms in total. The number of rotatable bonds is 2. The van der Waals surface area contributed by atoms with Crippen LogP contribution in [0.15, 0.2) is 18.6 Å². The zero-order chi connectivity index (χ0) is 11.7. The summed E-state index contributed by atoms with van der Waals surface area (Å²) in [5.74, 6) is 0.913. The predicted octanol–water partition coefficient (Wildman–Crippen LogP) is 3.27. The van der Waals surface area contributed by atoms with Crippen LogP contribution in [0.5, 0.6) is 0 Å². The highest BCUT2D eigenvalue weighted by Gasteiger charge is 2.13. The summed E-state index contributed by atoms with van der Waals surface area (Å²) in [6.45, 7) is 8.73. The Labute approximate surface area is 95.9 Å². The molecule has 16 heavy (non-hydrogen) atoms. The SMILES string of the molecule is CC(C)c1cncc2nncc(C(C)C)c12. The Morgan fingerprint density at radius 3 is 2.12 bits per heavy atom. The van der Waals surface area contributed by atoms with Crippen molar-refractivity contribution in [1.82, 2.24) is 15.2 Å². The summed E-state index contributed by atoms with van der Waals surface area (Å²) in [7, 11) is 0. The molecular weight excluding hydrogens is 198 g/mol. The first-order valence-corrected chi connectivity index (χ1v) is 5.70. The van der Waals surface area contributed by atoms with Crippen LogP contribution in [0.25, 0.3) is 10.9 Å². The number of pyridine rings is 1. The Kier molecular flexibility index (Phi) is 2.86. The molecule has 0 bridgehead atoms. The molecule has 0 unspecified atom stereocenters. The molecule has 0 aliphatic rings. The number of nitrogens with zero attached hydrogens (tertiary/aromatic N) is 3. The summed E-state index contributed by atoms with van der Waals surface area (Å²) in [6.07, 6.45) is 5.61. The van der Waals surface area contributed by atoms with Crippen molar-refractivity contribution in [3.8, 4) is 0 Å². The van der Waals surface area contributed by atoms with Gasteiger partial charge in [0.15, 0.2) is 0 Å². The van der Waals surface area contributed by atoms with Gasteiger partial charge in [-0.1, -0.05) is 27.7 Å². The van der Waals surface area contributed by atoms with Crippen molar-refractivity contribution < 1.29 is 0 Å². The summed E-state index contributed by atoms with van der Waals surface area (Å²) in [4.78, 5) is 4.23. The molecule has 0 amide bonds. The first-order chi connectivity index (χ1) is 7.61. The molecule has 0 aliphatic heterocycles. The van der Waals surface area contributed by atoms with Gasteiger partial charge in [-0.15, -0.1) is 5.10 Å². The largest absolute Gasteiger partial charge is 0.262 e. The van der Waals surface area contributed by atoms with Crippen LogP contribution in [-0.2, 0) is 0 Å². The zero-order valence-electron chi connectivity index (χ0n) is 10.2. The maximum atomic E-state index is 4.23. The molecule has 0 aliphatic carbocycles. The summed E-state index contributed by atoms with van der Waals surface area (Å²) >= 11 is 0. The molecule has 0 N–H and O–H groups in total. The average Bonchev–Trinajstić information content (AvgIpc) is 2.27. The lowest BCUT2D eigenvalue weighted by Gasteiger charge is -2.14. The third kappa shape index (κ3) is 1.77. The van der Waals surface area contributed by atoms with Crippen molar-refractivity contribution in [2.75, 3.05) is 0 Å². The van der Waals surface area contributed by atoms with E-state index < -0.39 is 0 Å². The van der Waals surface area contributed by atoms with Gasteiger partial charge >= 0.3 is 0 Å². The topological polar surface area (TPSA) is 38.7 Å². The van der Waals surface area contributed by atoms with E-state index >= 15 is 0 Å². The van der Waals surface area contributed by atoms with E-state index in [9.17, 15) is 0 Å². The van der Waals surface area contributed by atoms with Crippen LogP contribution in [-0.4, -0.2) is 15.2 Å². The van der Waals surface area contributed by atoms with Crippen molar-refractivity contribution in [1.29, 1.82) is 0 Å². The maximum absolute atomic E-state index is 4.23. The number of hydrogen-bond donors (Lipinski definition) is 0. The second-order valence-corrected chi connectivity index (χ2v) is 4.73. The smallest absolute Gasteiger partial charge is 0.112 e. The molecule has 0 atom stereocenters. The van der Waals surface area contributed by atoms with E-state index in [0.29, 0.717) is 11.8 Å². The van der Waals surface area contributed by atoms with Crippen LogP contribution in [0.3, 0.4) is 0 Å². The minimum absolute atomic E-state index is 0.456. The van der Waals surface area contributed by atoms with Gasteiger partial charge < -0.3 is 0 Å². The second kappa shape index (κ2) is 4.16. The van der Waals surface area contributed by atoms with Gasteiger partial charge in [0.25, 0.3) is 0 Å². The molecule has 0 saturated heterocycles. The van der Waals surface area contributed by atoms with Gasteiger partial charge in [-0.25, -0.2) is 0 Å². The van der Waals surface area contributed by atoms with E-state index in [4.69, 9.17) is 0 Å². The highest BCUT2D eigenvalue weighted by atomic mass is 15.1. The molecule has 0 aromatic carbocycles. The van der Waals surface area contributed by atoms with Crippen molar-refractivity contribution in [3.63, 3.8) is 0 Å². The summed E-state index contributed by atoms with van der Waals surface area (Å²) < 4.78 is 0. The third-order valence-corrected chi connectivity index (χ3v) is 2.85. The highest BCUT2D eigenvalue weighted by molar-refractivity contribution is 5.84. The van der Waals surface area contributed by atoms with Crippen LogP contribution in [0, 0.1) is 0 Å². The van der Waals surface area contributed by atoms with E-state index in [0.717, 1.165) is 5.52 Å². The molecule has 2 aromatic rings. The van der Waals surface area contributed by atoms with Crippen LogP contribution in [0.4, 0.5) is 0 Å². The Morgan fingerprint density at radius 1 is 0.875 bits per heavy atom. The van der Waals surface area contributed by atoms with Gasteiger partial charge in [0, 0.05) is 11.6 Å². The van der Waals surface area contributed by atoms with Crippen LogP contribution >= 0.6 is 0 Å². The number of aromatic nitrogens is 3. The molecule has 84 valence electrons. The molecule has 2 aromatic heterocycles. The summed E-state index contributed by atoms with van der Waals surface area (Å²) in [5.41, 5.74) is 3.42. The third-order valence-electron chi connectivity index (χ3n) is 2.85.